The number of thiazole rings is 1. The van der Waals surface area contributed by atoms with Gasteiger partial charge in [-0.05, 0) is 51.9 Å². The average Bonchev–Trinajstić information content (AvgIpc) is 2.91. The van der Waals surface area contributed by atoms with Gasteiger partial charge in [0.05, 0.1) is 24.4 Å². The summed E-state index contributed by atoms with van der Waals surface area (Å²) in [6, 6.07) is 0. The van der Waals surface area contributed by atoms with Gasteiger partial charge in [-0.25, -0.2) is 4.98 Å². The highest BCUT2D eigenvalue weighted by Crippen LogP contribution is 2.31. The van der Waals surface area contributed by atoms with Crippen LogP contribution in [0.5, 0.6) is 0 Å². The number of hydrogen-bond donors (Lipinski definition) is 2. The smallest absolute Gasteiger partial charge is 0.194 e. The molecule has 0 unspecified atom stereocenters. The van der Waals surface area contributed by atoms with Crippen LogP contribution in [0.4, 0.5) is 0 Å². The van der Waals surface area contributed by atoms with Crippen LogP contribution in [0.1, 0.15) is 54.6 Å². The molecule has 5 nitrogen and oxygen atoms in total. The molecule has 0 amide bonds. The van der Waals surface area contributed by atoms with E-state index in [1.807, 2.05) is 18.4 Å². The van der Waals surface area contributed by atoms with Gasteiger partial charge in [-0.2, -0.15) is 0 Å². The summed E-state index contributed by atoms with van der Waals surface area (Å²) in [5.74, 6) is 0.862. The lowest BCUT2D eigenvalue weighted by Crippen LogP contribution is -2.43. The number of fused-ring (bicyclic) bond motifs is 1. The van der Waals surface area contributed by atoms with Crippen LogP contribution >= 0.6 is 11.3 Å². The predicted octanol–water partition coefficient (Wildman–Crippen LogP) is 2.33. The maximum Gasteiger partial charge on any atom is 0.194 e. The Hall–Kier alpha value is -1.14. The number of aliphatic hydroxyl groups is 1. The molecule has 3 rings (SSSR count). The second kappa shape index (κ2) is 7.18. The molecule has 0 bridgehead atoms. The number of nitrogens with one attached hydrogen (secondary N) is 1. The molecule has 0 spiro atoms. The second-order valence-electron chi connectivity index (χ2n) is 6.79. The Balaban J connectivity index is 1.64. The van der Waals surface area contributed by atoms with E-state index in [-0.39, 0.29) is 0 Å². The quantitative estimate of drug-likeness (QED) is 0.640. The molecule has 0 atom stereocenters. The van der Waals surface area contributed by atoms with Crippen molar-refractivity contribution in [1.82, 2.24) is 15.2 Å². The highest BCUT2D eigenvalue weighted by atomic mass is 32.1. The van der Waals surface area contributed by atoms with E-state index in [2.05, 4.69) is 22.1 Å². The highest BCUT2D eigenvalue weighted by molar-refractivity contribution is 7.11. The summed E-state index contributed by atoms with van der Waals surface area (Å²) in [4.78, 5) is 13.1. The Morgan fingerprint density at radius 3 is 2.78 bits per heavy atom. The van der Waals surface area contributed by atoms with Crippen LogP contribution in [0, 0.1) is 0 Å². The number of nitrogens with zero attached hydrogens (tertiary/aromatic N) is 3. The molecular formula is C17H28N4OS. The van der Waals surface area contributed by atoms with Crippen molar-refractivity contribution in [2.75, 3.05) is 20.1 Å². The molecule has 1 heterocycles. The molecule has 2 N–H and O–H groups in total. The van der Waals surface area contributed by atoms with E-state index in [9.17, 15) is 5.11 Å². The summed E-state index contributed by atoms with van der Waals surface area (Å²) in [7, 11) is 2.05. The predicted molar refractivity (Wildman–Crippen MR) is 95.0 cm³/mol. The van der Waals surface area contributed by atoms with E-state index >= 15 is 0 Å². The van der Waals surface area contributed by atoms with E-state index < -0.39 is 5.60 Å². The van der Waals surface area contributed by atoms with E-state index in [1.165, 1.54) is 34.8 Å². The standard InChI is InChI=1S/C17H28N4OS/c1-3-18-16(19-12-17(22)9-6-10-17)21(2)11-15-20-13-7-4-5-8-14(13)23-15/h22H,3-12H2,1-2H3,(H,18,19). The van der Waals surface area contributed by atoms with Crippen LogP contribution in [0.3, 0.4) is 0 Å². The largest absolute Gasteiger partial charge is 0.388 e. The summed E-state index contributed by atoms with van der Waals surface area (Å²) in [5, 5.41) is 14.7. The van der Waals surface area contributed by atoms with Gasteiger partial charge in [0.1, 0.15) is 5.01 Å². The fourth-order valence-electron chi connectivity index (χ4n) is 3.19. The third kappa shape index (κ3) is 4.04. The Morgan fingerprint density at radius 1 is 1.35 bits per heavy atom. The van der Waals surface area contributed by atoms with Crippen LogP contribution in [-0.4, -0.2) is 46.7 Å². The first-order chi connectivity index (χ1) is 11.1. The summed E-state index contributed by atoms with van der Waals surface area (Å²) < 4.78 is 0. The molecule has 2 aliphatic carbocycles. The second-order valence-corrected chi connectivity index (χ2v) is 7.96. The first-order valence-electron chi connectivity index (χ1n) is 8.79. The number of guanidine groups is 1. The maximum absolute atomic E-state index is 10.2. The van der Waals surface area contributed by atoms with Crippen molar-refractivity contribution < 1.29 is 5.11 Å². The van der Waals surface area contributed by atoms with E-state index in [1.54, 1.807) is 0 Å². The Kier molecular flexibility index (Phi) is 5.21. The minimum absolute atomic E-state index is 0.494. The van der Waals surface area contributed by atoms with Gasteiger partial charge >= 0.3 is 0 Å². The number of rotatable bonds is 5. The lowest BCUT2D eigenvalue weighted by Gasteiger charge is -2.35. The third-order valence-electron chi connectivity index (χ3n) is 4.77. The number of hydrogen-bond acceptors (Lipinski definition) is 4. The van der Waals surface area contributed by atoms with Crippen LogP contribution in [0.2, 0.25) is 0 Å². The zero-order valence-electron chi connectivity index (χ0n) is 14.3. The van der Waals surface area contributed by atoms with Crippen molar-refractivity contribution in [3.05, 3.63) is 15.6 Å². The molecule has 128 valence electrons. The molecule has 1 saturated carbocycles. The Morgan fingerprint density at radius 2 is 2.13 bits per heavy atom. The lowest BCUT2D eigenvalue weighted by molar-refractivity contribution is -0.0237. The number of aliphatic imine (C=N–C) groups is 1. The topological polar surface area (TPSA) is 60.8 Å². The van der Waals surface area contributed by atoms with Crippen LogP contribution in [0.25, 0.3) is 0 Å². The normalized spacial score (nSPS) is 19.9. The molecule has 0 aromatic carbocycles. The highest BCUT2D eigenvalue weighted by Gasteiger charge is 2.34. The summed E-state index contributed by atoms with van der Waals surface area (Å²) in [6.45, 7) is 4.18. The minimum atomic E-state index is -0.568. The minimum Gasteiger partial charge on any atom is -0.388 e. The molecule has 0 radical (unpaired) electrons. The first-order valence-corrected chi connectivity index (χ1v) is 9.60. The van der Waals surface area contributed by atoms with Gasteiger partial charge in [-0.1, -0.05) is 0 Å². The molecule has 0 aliphatic heterocycles. The van der Waals surface area contributed by atoms with Gasteiger partial charge in [0.25, 0.3) is 0 Å². The SMILES string of the molecule is CCNC(=NCC1(O)CCC1)N(C)Cc1nc2c(s1)CCCC2. The van der Waals surface area contributed by atoms with Gasteiger partial charge in [-0.15, -0.1) is 11.3 Å². The van der Waals surface area contributed by atoms with Gasteiger partial charge in [0, 0.05) is 18.5 Å². The Labute approximate surface area is 142 Å². The van der Waals surface area contributed by atoms with Crippen molar-refractivity contribution >= 4 is 17.3 Å². The fraction of sp³-hybridized carbons (Fsp3) is 0.765. The van der Waals surface area contributed by atoms with Crippen molar-refractivity contribution in [3.8, 4) is 0 Å². The van der Waals surface area contributed by atoms with Crippen molar-refractivity contribution in [1.29, 1.82) is 0 Å². The van der Waals surface area contributed by atoms with E-state index in [0.29, 0.717) is 6.54 Å². The molecular weight excluding hydrogens is 308 g/mol. The van der Waals surface area contributed by atoms with Crippen molar-refractivity contribution in [3.63, 3.8) is 0 Å². The molecule has 23 heavy (non-hydrogen) atoms. The van der Waals surface area contributed by atoms with Crippen LogP contribution in [0.15, 0.2) is 4.99 Å². The zero-order valence-corrected chi connectivity index (χ0v) is 15.1. The first kappa shape index (κ1) is 16.7. The van der Waals surface area contributed by atoms with Crippen molar-refractivity contribution in [2.24, 2.45) is 4.99 Å². The molecule has 0 saturated heterocycles. The van der Waals surface area contributed by atoms with Gasteiger partial charge in [0.15, 0.2) is 5.96 Å². The third-order valence-corrected chi connectivity index (χ3v) is 5.91. The zero-order chi connectivity index (χ0) is 16.3. The Bertz CT molecular complexity index is 541. The number of aryl methyl sites for hydroxylation is 2. The molecule has 6 heteroatoms. The summed E-state index contributed by atoms with van der Waals surface area (Å²) in [6.07, 6.45) is 7.76. The van der Waals surface area contributed by atoms with E-state index in [0.717, 1.165) is 44.7 Å². The van der Waals surface area contributed by atoms with Crippen LogP contribution in [-0.2, 0) is 19.4 Å². The van der Waals surface area contributed by atoms with Gasteiger partial charge < -0.3 is 15.3 Å². The fourth-order valence-corrected chi connectivity index (χ4v) is 4.40. The summed E-state index contributed by atoms with van der Waals surface area (Å²) in [5.41, 5.74) is 0.747. The van der Waals surface area contributed by atoms with Gasteiger partial charge in [0.2, 0.25) is 0 Å². The van der Waals surface area contributed by atoms with Crippen LogP contribution < -0.4 is 5.32 Å². The summed E-state index contributed by atoms with van der Waals surface area (Å²) >= 11 is 1.85. The lowest BCUT2D eigenvalue weighted by atomic mass is 9.80. The average molecular weight is 337 g/mol. The van der Waals surface area contributed by atoms with Crippen molar-refractivity contribution in [2.45, 2.75) is 64.0 Å². The molecule has 1 aromatic rings. The number of aromatic nitrogens is 1. The van der Waals surface area contributed by atoms with E-state index in [4.69, 9.17) is 4.98 Å². The molecule has 1 fully saturated rings. The monoisotopic (exact) mass is 336 g/mol. The van der Waals surface area contributed by atoms with Gasteiger partial charge in [-0.3, -0.25) is 4.99 Å². The maximum atomic E-state index is 10.2. The molecule has 1 aromatic heterocycles. The molecule has 2 aliphatic rings.